The Morgan fingerprint density at radius 1 is 1.19 bits per heavy atom. The molecule has 0 aliphatic rings. The van der Waals surface area contributed by atoms with E-state index in [2.05, 4.69) is 6.07 Å². The molecule has 0 saturated heterocycles. The third kappa shape index (κ3) is 3.62. The predicted octanol–water partition coefficient (Wildman–Crippen LogP) is 3.95. The van der Waals surface area contributed by atoms with Crippen molar-refractivity contribution in [2.24, 2.45) is 0 Å². The molecule has 4 heteroatoms. The van der Waals surface area contributed by atoms with Crippen molar-refractivity contribution in [3.8, 4) is 6.07 Å². The van der Waals surface area contributed by atoms with Gasteiger partial charge in [0.05, 0.1) is 6.07 Å². The Morgan fingerprint density at radius 3 is 2.38 bits per heavy atom. The topological polar surface area (TPSA) is 44.1 Å². The van der Waals surface area contributed by atoms with Gasteiger partial charge in [0.2, 0.25) is 5.91 Å². The Balaban J connectivity index is 2.34. The normalized spacial score (nSPS) is 11.5. The average molecular weight is 299 g/mol. The van der Waals surface area contributed by atoms with Crippen LogP contribution >= 0.6 is 11.6 Å². The standard InChI is InChI=1S/C17H15ClN2O/c1-13(21)20(12-14-7-3-2-4-8-14)17(11-19)15-9-5-6-10-16(15)18/h2-10,17H,12H2,1H3/t17-/m1/s1. The lowest BCUT2D eigenvalue weighted by molar-refractivity contribution is -0.130. The van der Waals surface area contributed by atoms with Crippen molar-refractivity contribution in [2.45, 2.75) is 19.5 Å². The molecular formula is C17H15ClN2O. The SMILES string of the molecule is CC(=O)N(Cc1ccccc1)[C@H](C#N)c1ccccc1Cl. The molecule has 2 rings (SSSR count). The lowest BCUT2D eigenvalue weighted by Crippen LogP contribution is -2.32. The lowest BCUT2D eigenvalue weighted by atomic mass is 10.1. The average Bonchev–Trinajstić information content (AvgIpc) is 2.49. The van der Waals surface area contributed by atoms with E-state index < -0.39 is 6.04 Å². The molecule has 0 unspecified atom stereocenters. The molecule has 0 aromatic heterocycles. The van der Waals surface area contributed by atoms with E-state index >= 15 is 0 Å². The number of nitrogens with zero attached hydrogens (tertiary/aromatic N) is 2. The zero-order valence-electron chi connectivity index (χ0n) is 11.7. The van der Waals surface area contributed by atoms with Crippen LogP contribution in [0.2, 0.25) is 5.02 Å². The third-order valence-corrected chi connectivity index (χ3v) is 3.58. The minimum absolute atomic E-state index is 0.162. The van der Waals surface area contributed by atoms with Gasteiger partial charge in [0.15, 0.2) is 0 Å². The first-order chi connectivity index (χ1) is 10.1. The molecule has 106 valence electrons. The van der Waals surface area contributed by atoms with Crippen LogP contribution < -0.4 is 0 Å². The van der Waals surface area contributed by atoms with E-state index in [0.29, 0.717) is 17.1 Å². The molecule has 0 spiro atoms. The van der Waals surface area contributed by atoms with Crippen molar-refractivity contribution >= 4 is 17.5 Å². The Kier molecular flexibility index (Phi) is 4.97. The number of carbonyl (C=O) groups excluding carboxylic acids is 1. The van der Waals surface area contributed by atoms with Gasteiger partial charge < -0.3 is 4.90 Å². The zero-order chi connectivity index (χ0) is 15.2. The first-order valence-electron chi connectivity index (χ1n) is 6.58. The molecule has 0 fully saturated rings. The van der Waals surface area contributed by atoms with Gasteiger partial charge in [-0.05, 0) is 11.6 Å². The minimum atomic E-state index is -0.698. The summed E-state index contributed by atoms with van der Waals surface area (Å²) < 4.78 is 0. The molecule has 1 atom stereocenters. The van der Waals surface area contributed by atoms with Gasteiger partial charge in [0.25, 0.3) is 0 Å². The third-order valence-electron chi connectivity index (χ3n) is 3.23. The van der Waals surface area contributed by atoms with Gasteiger partial charge >= 0.3 is 0 Å². The van der Waals surface area contributed by atoms with Gasteiger partial charge in [-0.3, -0.25) is 4.79 Å². The van der Waals surface area contributed by atoms with Crippen LogP contribution in [-0.4, -0.2) is 10.8 Å². The van der Waals surface area contributed by atoms with E-state index in [1.807, 2.05) is 36.4 Å². The second kappa shape index (κ2) is 6.92. The Morgan fingerprint density at radius 2 is 1.81 bits per heavy atom. The van der Waals surface area contributed by atoms with Gasteiger partial charge in [-0.2, -0.15) is 5.26 Å². The Hall–Kier alpha value is -2.31. The molecule has 0 heterocycles. The number of carbonyl (C=O) groups is 1. The fourth-order valence-electron chi connectivity index (χ4n) is 2.17. The summed E-state index contributed by atoms with van der Waals surface area (Å²) in [5.74, 6) is -0.162. The van der Waals surface area contributed by atoms with Gasteiger partial charge in [0.1, 0.15) is 6.04 Å². The van der Waals surface area contributed by atoms with Crippen LogP contribution in [-0.2, 0) is 11.3 Å². The monoisotopic (exact) mass is 298 g/mol. The van der Waals surface area contributed by atoms with Gasteiger partial charge in [-0.1, -0.05) is 60.1 Å². The van der Waals surface area contributed by atoms with Crippen LogP contribution in [0.25, 0.3) is 0 Å². The molecule has 2 aromatic carbocycles. The van der Waals surface area contributed by atoms with Crippen molar-refractivity contribution in [3.05, 3.63) is 70.7 Å². The molecular weight excluding hydrogens is 284 g/mol. The van der Waals surface area contributed by atoms with Crippen LogP contribution in [0.4, 0.5) is 0 Å². The maximum atomic E-state index is 12.0. The molecule has 0 N–H and O–H groups in total. The maximum Gasteiger partial charge on any atom is 0.221 e. The van der Waals surface area contributed by atoms with Crippen molar-refractivity contribution in [1.82, 2.24) is 4.90 Å². The molecule has 3 nitrogen and oxygen atoms in total. The number of rotatable bonds is 4. The fraction of sp³-hybridized carbons (Fsp3) is 0.176. The van der Waals surface area contributed by atoms with Crippen LogP contribution in [0.1, 0.15) is 24.1 Å². The molecule has 0 radical (unpaired) electrons. The maximum absolute atomic E-state index is 12.0. The minimum Gasteiger partial charge on any atom is -0.318 e. The molecule has 2 aromatic rings. The summed E-state index contributed by atoms with van der Waals surface area (Å²) >= 11 is 6.16. The number of benzene rings is 2. The first-order valence-corrected chi connectivity index (χ1v) is 6.96. The quantitative estimate of drug-likeness (QED) is 0.857. The van der Waals surface area contributed by atoms with E-state index in [4.69, 9.17) is 11.6 Å². The molecule has 1 amide bonds. The highest BCUT2D eigenvalue weighted by atomic mass is 35.5. The molecule has 0 saturated carbocycles. The van der Waals surface area contributed by atoms with Gasteiger partial charge in [-0.15, -0.1) is 0 Å². The summed E-state index contributed by atoms with van der Waals surface area (Å²) in [5, 5.41) is 9.99. The van der Waals surface area contributed by atoms with E-state index in [9.17, 15) is 10.1 Å². The Labute approximate surface area is 129 Å². The predicted molar refractivity (Wildman–Crippen MR) is 82.5 cm³/mol. The van der Waals surface area contributed by atoms with Crippen molar-refractivity contribution in [3.63, 3.8) is 0 Å². The van der Waals surface area contributed by atoms with Crippen molar-refractivity contribution in [1.29, 1.82) is 5.26 Å². The summed E-state index contributed by atoms with van der Waals surface area (Å²) in [7, 11) is 0. The van der Waals surface area contributed by atoms with Gasteiger partial charge in [0, 0.05) is 24.1 Å². The second-order valence-electron chi connectivity index (χ2n) is 4.69. The number of nitriles is 1. The number of hydrogen-bond donors (Lipinski definition) is 0. The highest BCUT2D eigenvalue weighted by molar-refractivity contribution is 6.31. The summed E-state index contributed by atoms with van der Waals surface area (Å²) in [6.07, 6.45) is 0. The van der Waals surface area contributed by atoms with Crippen molar-refractivity contribution in [2.75, 3.05) is 0 Å². The van der Waals surface area contributed by atoms with Crippen LogP contribution in [0.5, 0.6) is 0 Å². The van der Waals surface area contributed by atoms with E-state index in [-0.39, 0.29) is 5.91 Å². The number of hydrogen-bond acceptors (Lipinski definition) is 2. The lowest BCUT2D eigenvalue weighted by Gasteiger charge is -2.27. The zero-order valence-corrected chi connectivity index (χ0v) is 12.4. The first kappa shape index (κ1) is 15.1. The number of amides is 1. The van der Waals surface area contributed by atoms with Crippen molar-refractivity contribution < 1.29 is 4.79 Å². The highest BCUT2D eigenvalue weighted by Crippen LogP contribution is 2.28. The summed E-state index contributed by atoms with van der Waals surface area (Å²) in [4.78, 5) is 13.5. The summed E-state index contributed by atoms with van der Waals surface area (Å²) in [6.45, 7) is 1.84. The Bertz CT molecular complexity index is 664. The van der Waals surface area contributed by atoms with E-state index in [0.717, 1.165) is 5.56 Å². The summed E-state index contributed by atoms with van der Waals surface area (Å²) in [6, 6.07) is 18.2. The molecule has 0 bridgehead atoms. The number of halogens is 1. The largest absolute Gasteiger partial charge is 0.318 e. The van der Waals surface area contributed by atoms with E-state index in [1.165, 1.54) is 11.8 Å². The van der Waals surface area contributed by atoms with Crippen LogP contribution in [0.3, 0.4) is 0 Å². The second-order valence-corrected chi connectivity index (χ2v) is 5.09. The smallest absolute Gasteiger partial charge is 0.221 e. The highest BCUT2D eigenvalue weighted by Gasteiger charge is 2.24. The van der Waals surface area contributed by atoms with Crippen LogP contribution in [0, 0.1) is 11.3 Å². The molecule has 21 heavy (non-hydrogen) atoms. The van der Waals surface area contributed by atoms with E-state index in [1.54, 1.807) is 18.2 Å². The summed E-state index contributed by atoms with van der Waals surface area (Å²) in [5.41, 5.74) is 1.62. The molecule has 0 aliphatic carbocycles. The fourth-order valence-corrected chi connectivity index (χ4v) is 2.41. The van der Waals surface area contributed by atoms with Crippen LogP contribution in [0.15, 0.2) is 54.6 Å². The molecule has 0 aliphatic heterocycles. The van der Waals surface area contributed by atoms with Gasteiger partial charge in [-0.25, -0.2) is 0 Å².